The second-order valence-corrected chi connectivity index (χ2v) is 4.22. The van der Waals surface area contributed by atoms with Gasteiger partial charge in [-0.2, -0.15) is 4.98 Å². The fourth-order valence-electron chi connectivity index (χ4n) is 1.70. The van der Waals surface area contributed by atoms with Crippen molar-refractivity contribution in [3.63, 3.8) is 0 Å². The van der Waals surface area contributed by atoms with Crippen LogP contribution in [0.3, 0.4) is 0 Å². The Morgan fingerprint density at radius 2 is 2.05 bits per heavy atom. The molecule has 0 atom stereocenters. The Morgan fingerprint density at radius 1 is 1.21 bits per heavy atom. The van der Waals surface area contributed by atoms with Crippen LogP contribution in [0.15, 0.2) is 49.2 Å². The van der Waals surface area contributed by atoms with Crippen molar-refractivity contribution < 1.29 is 0 Å². The largest absolute Gasteiger partial charge is 0.366 e. The van der Waals surface area contributed by atoms with Crippen LogP contribution in [-0.2, 0) is 6.54 Å². The average Bonchev–Trinajstić information content (AvgIpc) is 2.45. The monoisotopic (exact) mass is 254 g/mol. The average molecular weight is 254 g/mol. The zero-order valence-electron chi connectivity index (χ0n) is 11.1. The Hall–Kier alpha value is -2.36. The Labute approximate surface area is 113 Å². The molecule has 2 aromatic rings. The number of aryl methyl sites for hydroxylation is 1. The standard InChI is InChI=1S/C15H18N4/c1-3-9-16-15-17-10-8-14(19-15)18-11-13-7-5-4-6-12(13)2/h3-8,10H,1,9,11H2,2H3,(H2,16,17,18,19). The lowest BCUT2D eigenvalue weighted by atomic mass is 10.1. The van der Waals surface area contributed by atoms with E-state index in [4.69, 9.17) is 0 Å². The van der Waals surface area contributed by atoms with Gasteiger partial charge in [-0.15, -0.1) is 6.58 Å². The first-order valence-corrected chi connectivity index (χ1v) is 6.26. The van der Waals surface area contributed by atoms with Crippen molar-refractivity contribution in [3.05, 3.63) is 60.3 Å². The number of rotatable bonds is 6. The molecule has 1 aromatic carbocycles. The number of nitrogens with zero attached hydrogens (tertiary/aromatic N) is 2. The molecule has 98 valence electrons. The third-order valence-corrected chi connectivity index (χ3v) is 2.78. The van der Waals surface area contributed by atoms with Crippen molar-refractivity contribution in [1.82, 2.24) is 9.97 Å². The van der Waals surface area contributed by atoms with Crippen molar-refractivity contribution in [2.24, 2.45) is 0 Å². The van der Waals surface area contributed by atoms with Crippen LogP contribution in [0.25, 0.3) is 0 Å². The molecule has 0 aliphatic carbocycles. The lowest BCUT2D eigenvalue weighted by Gasteiger charge is -2.09. The van der Waals surface area contributed by atoms with Crippen LogP contribution >= 0.6 is 0 Å². The van der Waals surface area contributed by atoms with E-state index in [1.807, 2.05) is 18.2 Å². The second kappa shape index (κ2) is 6.54. The van der Waals surface area contributed by atoms with E-state index in [1.54, 1.807) is 12.3 Å². The van der Waals surface area contributed by atoms with Crippen molar-refractivity contribution in [2.45, 2.75) is 13.5 Å². The summed E-state index contributed by atoms with van der Waals surface area (Å²) in [6, 6.07) is 10.2. The smallest absolute Gasteiger partial charge is 0.224 e. The summed E-state index contributed by atoms with van der Waals surface area (Å²) < 4.78 is 0. The summed E-state index contributed by atoms with van der Waals surface area (Å²) in [6.07, 6.45) is 3.51. The highest BCUT2D eigenvalue weighted by Crippen LogP contribution is 2.11. The Morgan fingerprint density at radius 3 is 2.84 bits per heavy atom. The molecule has 2 rings (SSSR count). The third-order valence-electron chi connectivity index (χ3n) is 2.78. The van der Waals surface area contributed by atoms with E-state index in [0.29, 0.717) is 12.5 Å². The van der Waals surface area contributed by atoms with E-state index in [1.165, 1.54) is 11.1 Å². The molecule has 0 aliphatic rings. The molecule has 0 saturated heterocycles. The number of aromatic nitrogens is 2. The fraction of sp³-hybridized carbons (Fsp3) is 0.200. The first-order chi connectivity index (χ1) is 9.29. The molecule has 1 aromatic heterocycles. The minimum Gasteiger partial charge on any atom is -0.366 e. The number of hydrogen-bond donors (Lipinski definition) is 2. The highest BCUT2D eigenvalue weighted by molar-refractivity contribution is 5.41. The normalized spacial score (nSPS) is 9.95. The van der Waals surface area contributed by atoms with E-state index < -0.39 is 0 Å². The highest BCUT2D eigenvalue weighted by Gasteiger charge is 2.00. The van der Waals surface area contributed by atoms with Crippen LogP contribution < -0.4 is 10.6 Å². The Kier molecular flexibility index (Phi) is 4.50. The van der Waals surface area contributed by atoms with E-state index in [9.17, 15) is 0 Å². The highest BCUT2D eigenvalue weighted by atomic mass is 15.1. The van der Waals surface area contributed by atoms with Gasteiger partial charge in [0.2, 0.25) is 5.95 Å². The van der Waals surface area contributed by atoms with Crippen molar-refractivity contribution in [2.75, 3.05) is 17.2 Å². The maximum Gasteiger partial charge on any atom is 0.224 e. The summed E-state index contributed by atoms with van der Waals surface area (Å²) in [4.78, 5) is 8.51. The van der Waals surface area contributed by atoms with E-state index in [-0.39, 0.29) is 0 Å². The lowest BCUT2D eigenvalue weighted by molar-refractivity contribution is 1.06. The van der Waals surface area contributed by atoms with Gasteiger partial charge < -0.3 is 10.6 Å². The predicted molar refractivity (Wildman–Crippen MR) is 79.2 cm³/mol. The van der Waals surface area contributed by atoms with Gasteiger partial charge in [-0.05, 0) is 24.1 Å². The van der Waals surface area contributed by atoms with Crippen LogP contribution in [0.4, 0.5) is 11.8 Å². The lowest BCUT2D eigenvalue weighted by Crippen LogP contribution is -2.07. The summed E-state index contributed by atoms with van der Waals surface area (Å²) in [6.45, 7) is 7.16. The molecular weight excluding hydrogens is 236 g/mol. The third kappa shape index (κ3) is 3.81. The van der Waals surface area contributed by atoms with Crippen molar-refractivity contribution in [1.29, 1.82) is 0 Å². The predicted octanol–water partition coefficient (Wildman–Crippen LogP) is 3.00. The summed E-state index contributed by atoms with van der Waals surface area (Å²) in [7, 11) is 0. The van der Waals surface area contributed by atoms with Crippen LogP contribution in [0, 0.1) is 6.92 Å². The summed E-state index contributed by atoms with van der Waals surface area (Å²) in [5.41, 5.74) is 2.54. The molecule has 4 nitrogen and oxygen atoms in total. The van der Waals surface area contributed by atoms with Gasteiger partial charge in [-0.1, -0.05) is 30.3 Å². The number of anilines is 2. The molecule has 19 heavy (non-hydrogen) atoms. The van der Waals surface area contributed by atoms with Gasteiger partial charge in [0.25, 0.3) is 0 Å². The zero-order chi connectivity index (χ0) is 13.5. The van der Waals surface area contributed by atoms with Crippen molar-refractivity contribution in [3.8, 4) is 0 Å². The van der Waals surface area contributed by atoms with Crippen LogP contribution in [0.2, 0.25) is 0 Å². The minimum absolute atomic E-state index is 0.606. The number of benzene rings is 1. The molecule has 4 heteroatoms. The molecule has 0 unspecified atom stereocenters. The molecule has 0 fully saturated rings. The quantitative estimate of drug-likeness (QED) is 0.778. The molecule has 0 amide bonds. The van der Waals surface area contributed by atoms with E-state index in [0.717, 1.165) is 12.4 Å². The number of hydrogen-bond acceptors (Lipinski definition) is 4. The number of nitrogens with one attached hydrogen (secondary N) is 2. The van der Waals surface area contributed by atoms with E-state index in [2.05, 4.69) is 46.2 Å². The molecule has 1 heterocycles. The molecular formula is C15H18N4. The van der Waals surface area contributed by atoms with Crippen LogP contribution in [-0.4, -0.2) is 16.5 Å². The molecule has 0 saturated carbocycles. The summed E-state index contributed by atoms with van der Waals surface area (Å²) in [5.74, 6) is 1.42. The molecule has 0 bridgehead atoms. The van der Waals surface area contributed by atoms with Gasteiger partial charge in [0.1, 0.15) is 5.82 Å². The zero-order valence-corrected chi connectivity index (χ0v) is 11.1. The van der Waals surface area contributed by atoms with Crippen molar-refractivity contribution >= 4 is 11.8 Å². The molecule has 2 N–H and O–H groups in total. The topological polar surface area (TPSA) is 49.8 Å². The second-order valence-electron chi connectivity index (χ2n) is 4.22. The Bertz CT molecular complexity index is 551. The summed E-state index contributed by atoms with van der Waals surface area (Å²) in [5, 5.41) is 6.37. The SMILES string of the molecule is C=CCNc1nccc(NCc2ccccc2C)n1. The molecule has 0 radical (unpaired) electrons. The fourth-order valence-corrected chi connectivity index (χ4v) is 1.70. The van der Waals surface area contributed by atoms with Gasteiger partial charge in [-0.25, -0.2) is 4.98 Å². The van der Waals surface area contributed by atoms with Gasteiger partial charge >= 0.3 is 0 Å². The van der Waals surface area contributed by atoms with Crippen LogP contribution in [0.5, 0.6) is 0 Å². The summed E-state index contributed by atoms with van der Waals surface area (Å²) >= 11 is 0. The van der Waals surface area contributed by atoms with Gasteiger partial charge in [0.15, 0.2) is 0 Å². The first kappa shape index (κ1) is 13.1. The van der Waals surface area contributed by atoms with Gasteiger partial charge in [0.05, 0.1) is 0 Å². The van der Waals surface area contributed by atoms with Gasteiger partial charge in [-0.3, -0.25) is 0 Å². The molecule has 0 aliphatic heterocycles. The maximum atomic E-state index is 4.37. The van der Waals surface area contributed by atoms with E-state index >= 15 is 0 Å². The Balaban J connectivity index is 1.99. The molecule has 0 spiro atoms. The maximum absolute atomic E-state index is 4.37. The van der Waals surface area contributed by atoms with Gasteiger partial charge in [0, 0.05) is 19.3 Å². The first-order valence-electron chi connectivity index (χ1n) is 6.26. The minimum atomic E-state index is 0.606. The van der Waals surface area contributed by atoms with Crippen LogP contribution in [0.1, 0.15) is 11.1 Å².